The molecule has 0 amide bonds. The minimum Gasteiger partial charge on any atom is -0.396 e. The van der Waals surface area contributed by atoms with E-state index < -0.39 is 0 Å². The van der Waals surface area contributed by atoms with Crippen molar-refractivity contribution >= 4 is 15.9 Å². The Morgan fingerprint density at radius 3 is 3.00 bits per heavy atom. The number of rotatable bonds is 3. The van der Waals surface area contributed by atoms with E-state index in [0.717, 1.165) is 29.1 Å². The highest BCUT2D eigenvalue weighted by atomic mass is 79.9. The van der Waals surface area contributed by atoms with E-state index in [-0.39, 0.29) is 12.6 Å². The van der Waals surface area contributed by atoms with Gasteiger partial charge in [0, 0.05) is 19.6 Å². The zero-order valence-corrected chi connectivity index (χ0v) is 10.2. The molecule has 2 rings (SSSR count). The fourth-order valence-corrected chi connectivity index (χ4v) is 2.74. The molecule has 4 nitrogen and oxygen atoms in total. The van der Waals surface area contributed by atoms with Gasteiger partial charge >= 0.3 is 0 Å². The maximum absolute atomic E-state index is 8.86. The van der Waals surface area contributed by atoms with Crippen LogP contribution < -0.4 is 5.73 Å². The SMILES string of the molecule is NC(CCO)c1nc2n(c1Br)CCCC2. The van der Waals surface area contributed by atoms with E-state index in [0.29, 0.717) is 6.42 Å². The van der Waals surface area contributed by atoms with Gasteiger partial charge < -0.3 is 15.4 Å². The summed E-state index contributed by atoms with van der Waals surface area (Å²) in [4.78, 5) is 4.55. The quantitative estimate of drug-likeness (QED) is 0.874. The van der Waals surface area contributed by atoms with E-state index >= 15 is 0 Å². The molecule has 15 heavy (non-hydrogen) atoms. The Balaban J connectivity index is 2.28. The van der Waals surface area contributed by atoms with Crippen LogP contribution in [-0.2, 0) is 13.0 Å². The van der Waals surface area contributed by atoms with Crippen LogP contribution in [0.3, 0.4) is 0 Å². The van der Waals surface area contributed by atoms with Crippen LogP contribution in [0.5, 0.6) is 0 Å². The van der Waals surface area contributed by atoms with E-state index in [1.807, 2.05) is 0 Å². The lowest BCUT2D eigenvalue weighted by Gasteiger charge is -2.14. The molecule has 0 aromatic carbocycles. The standard InChI is InChI=1S/C10H16BrN3O/c11-10-9(7(12)4-6-15)13-8-3-1-2-5-14(8)10/h7,15H,1-6,12H2. The van der Waals surface area contributed by atoms with E-state index in [4.69, 9.17) is 10.8 Å². The van der Waals surface area contributed by atoms with E-state index in [1.165, 1.54) is 12.8 Å². The lowest BCUT2D eigenvalue weighted by molar-refractivity contribution is 0.275. The van der Waals surface area contributed by atoms with E-state index in [2.05, 4.69) is 25.5 Å². The molecule has 2 heterocycles. The van der Waals surface area contributed by atoms with Crippen molar-refractivity contribution in [3.63, 3.8) is 0 Å². The molecule has 0 radical (unpaired) electrons. The normalized spacial score (nSPS) is 17.5. The fourth-order valence-electron chi connectivity index (χ4n) is 1.98. The molecule has 1 aromatic rings. The molecule has 1 aromatic heterocycles. The predicted molar refractivity (Wildman–Crippen MR) is 61.5 cm³/mol. The third-order valence-corrected chi connectivity index (χ3v) is 3.67. The third-order valence-electron chi connectivity index (χ3n) is 2.83. The number of nitrogens with two attached hydrogens (primary N) is 1. The number of aromatic nitrogens is 2. The Hall–Kier alpha value is -0.390. The molecule has 5 heteroatoms. The first-order chi connectivity index (χ1) is 7.24. The van der Waals surface area contributed by atoms with Crippen molar-refractivity contribution in [2.75, 3.05) is 6.61 Å². The summed E-state index contributed by atoms with van der Waals surface area (Å²) in [5, 5.41) is 8.86. The summed E-state index contributed by atoms with van der Waals surface area (Å²) in [6, 6.07) is -0.164. The van der Waals surface area contributed by atoms with Gasteiger partial charge in [0.1, 0.15) is 10.4 Å². The largest absolute Gasteiger partial charge is 0.396 e. The van der Waals surface area contributed by atoms with Crippen LogP contribution in [-0.4, -0.2) is 21.3 Å². The van der Waals surface area contributed by atoms with Crippen LogP contribution in [0.15, 0.2) is 4.60 Å². The molecule has 0 aliphatic carbocycles. The molecule has 1 unspecified atom stereocenters. The van der Waals surface area contributed by atoms with Crippen molar-refractivity contribution in [3.8, 4) is 0 Å². The Labute approximate surface area is 97.6 Å². The topological polar surface area (TPSA) is 64.1 Å². The van der Waals surface area contributed by atoms with Crippen LogP contribution in [0, 0.1) is 0 Å². The summed E-state index contributed by atoms with van der Waals surface area (Å²) in [5.74, 6) is 1.12. The minimum absolute atomic E-state index is 0.107. The minimum atomic E-state index is -0.164. The summed E-state index contributed by atoms with van der Waals surface area (Å²) < 4.78 is 3.19. The summed E-state index contributed by atoms with van der Waals surface area (Å²) in [7, 11) is 0. The van der Waals surface area contributed by atoms with Gasteiger partial charge in [0.05, 0.1) is 11.7 Å². The van der Waals surface area contributed by atoms with Gasteiger partial charge in [-0.1, -0.05) is 0 Å². The van der Waals surface area contributed by atoms with E-state index in [9.17, 15) is 0 Å². The molecule has 0 saturated carbocycles. The smallest absolute Gasteiger partial charge is 0.109 e. The van der Waals surface area contributed by atoms with Crippen LogP contribution in [0.2, 0.25) is 0 Å². The summed E-state index contributed by atoms with van der Waals surface area (Å²) >= 11 is 3.55. The van der Waals surface area contributed by atoms with Crippen molar-refractivity contribution in [2.45, 2.75) is 38.3 Å². The molecule has 0 saturated heterocycles. The molecule has 1 aliphatic rings. The van der Waals surface area contributed by atoms with Crippen molar-refractivity contribution in [1.29, 1.82) is 0 Å². The number of hydrogen-bond acceptors (Lipinski definition) is 3. The molecule has 1 atom stereocenters. The highest BCUT2D eigenvalue weighted by molar-refractivity contribution is 9.10. The number of halogens is 1. The van der Waals surface area contributed by atoms with Crippen LogP contribution >= 0.6 is 15.9 Å². The monoisotopic (exact) mass is 273 g/mol. The molecule has 1 aliphatic heterocycles. The Bertz CT molecular complexity index is 351. The van der Waals surface area contributed by atoms with Crippen molar-refractivity contribution in [1.82, 2.24) is 9.55 Å². The second-order valence-electron chi connectivity index (χ2n) is 3.93. The number of nitrogens with zero attached hydrogens (tertiary/aromatic N) is 2. The number of hydrogen-bond donors (Lipinski definition) is 2. The van der Waals surface area contributed by atoms with Gasteiger partial charge in [-0.25, -0.2) is 4.98 Å². The molecule has 0 spiro atoms. The second kappa shape index (κ2) is 4.63. The number of fused-ring (bicyclic) bond motifs is 1. The fraction of sp³-hybridized carbons (Fsp3) is 0.700. The van der Waals surface area contributed by atoms with Crippen LogP contribution in [0.25, 0.3) is 0 Å². The van der Waals surface area contributed by atoms with Gasteiger partial charge in [0.25, 0.3) is 0 Å². The van der Waals surface area contributed by atoms with Gasteiger partial charge in [-0.3, -0.25) is 0 Å². The highest BCUT2D eigenvalue weighted by Gasteiger charge is 2.21. The molecular formula is C10H16BrN3O. The highest BCUT2D eigenvalue weighted by Crippen LogP contribution is 2.28. The average molecular weight is 274 g/mol. The Morgan fingerprint density at radius 2 is 2.33 bits per heavy atom. The first kappa shape index (κ1) is 11.1. The second-order valence-corrected chi connectivity index (χ2v) is 4.68. The molecule has 0 fully saturated rings. The Morgan fingerprint density at radius 1 is 1.53 bits per heavy atom. The van der Waals surface area contributed by atoms with Crippen molar-refractivity contribution in [2.24, 2.45) is 5.73 Å². The number of aliphatic hydroxyl groups is 1. The number of imidazole rings is 1. The first-order valence-electron chi connectivity index (χ1n) is 5.35. The average Bonchev–Trinajstić information content (AvgIpc) is 2.57. The Kier molecular flexibility index (Phi) is 3.43. The lowest BCUT2D eigenvalue weighted by atomic mass is 10.2. The molecule has 84 valence electrons. The predicted octanol–water partition coefficient (Wildman–Crippen LogP) is 1.36. The summed E-state index contributed by atoms with van der Waals surface area (Å²) in [5.41, 5.74) is 6.84. The number of aliphatic hydroxyl groups excluding tert-OH is 1. The van der Waals surface area contributed by atoms with Gasteiger partial charge in [-0.2, -0.15) is 0 Å². The van der Waals surface area contributed by atoms with Crippen molar-refractivity contribution in [3.05, 3.63) is 16.1 Å². The molecule has 3 N–H and O–H groups in total. The lowest BCUT2D eigenvalue weighted by Crippen LogP contribution is -2.13. The third kappa shape index (κ3) is 2.09. The molecular weight excluding hydrogens is 258 g/mol. The first-order valence-corrected chi connectivity index (χ1v) is 6.14. The maximum Gasteiger partial charge on any atom is 0.109 e. The van der Waals surface area contributed by atoms with Gasteiger partial charge in [0.2, 0.25) is 0 Å². The molecule has 0 bridgehead atoms. The van der Waals surface area contributed by atoms with Crippen LogP contribution in [0.1, 0.15) is 36.8 Å². The summed E-state index contributed by atoms with van der Waals surface area (Å²) in [6.07, 6.45) is 4.01. The van der Waals surface area contributed by atoms with E-state index in [1.54, 1.807) is 0 Å². The van der Waals surface area contributed by atoms with Gasteiger partial charge in [-0.15, -0.1) is 0 Å². The maximum atomic E-state index is 8.86. The van der Waals surface area contributed by atoms with Gasteiger partial charge in [-0.05, 0) is 35.2 Å². The zero-order valence-electron chi connectivity index (χ0n) is 8.62. The van der Waals surface area contributed by atoms with Crippen LogP contribution in [0.4, 0.5) is 0 Å². The zero-order chi connectivity index (χ0) is 10.8. The van der Waals surface area contributed by atoms with Crippen molar-refractivity contribution < 1.29 is 5.11 Å². The number of aryl methyl sites for hydroxylation is 1. The summed E-state index contributed by atoms with van der Waals surface area (Å²) in [6.45, 7) is 1.13. The van der Waals surface area contributed by atoms with Gasteiger partial charge in [0.15, 0.2) is 0 Å².